The van der Waals surface area contributed by atoms with Crippen LogP contribution < -0.4 is 0 Å². The van der Waals surface area contributed by atoms with Crippen LogP contribution in [-0.4, -0.2) is 32.8 Å². The molecule has 112 valence electrons. The summed E-state index contributed by atoms with van der Waals surface area (Å²) in [5.74, 6) is 3.71. The summed E-state index contributed by atoms with van der Waals surface area (Å²) in [5.41, 5.74) is 2.25. The van der Waals surface area contributed by atoms with Gasteiger partial charge in [0.2, 0.25) is 0 Å². The third-order valence-electron chi connectivity index (χ3n) is 3.80. The molecule has 0 radical (unpaired) electrons. The number of halogens is 1. The molecule has 4 nitrogen and oxygen atoms in total. The van der Waals surface area contributed by atoms with Crippen molar-refractivity contribution in [3.8, 4) is 12.3 Å². The molecule has 0 saturated heterocycles. The van der Waals surface area contributed by atoms with E-state index < -0.39 is 0 Å². The number of rotatable bonds is 2. The molecule has 0 saturated carbocycles. The number of aromatic nitrogens is 1. The maximum absolute atomic E-state index is 5.97. The Morgan fingerprint density at radius 2 is 2.14 bits per heavy atom. The van der Waals surface area contributed by atoms with E-state index in [0.717, 1.165) is 29.5 Å². The van der Waals surface area contributed by atoms with E-state index in [-0.39, 0.29) is 5.54 Å². The summed E-state index contributed by atoms with van der Waals surface area (Å²) in [5, 5.41) is 4.65. The number of hydrogen-bond acceptors (Lipinski definition) is 4. The third kappa shape index (κ3) is 2.43. The second-order valence-electron chi connectivity index (χ2n) is 5.79. The Kier molecular flexibility index (Phi) is 3.56. The van der Waals surface area contributed by atoms with E-state index in [1.54, 1.807) is 6.07 Å². The lowest BCUT2D eigenvalue weighted by Crippen LogP contribution is -2.50. The van der Waals surface area contributed by atoms with Gasteiger partial charge in [-0.25, -0.2) is 9.98 Å². The van der Waals surface area contributed by atoms with Crippen LogP contribution >= 0.6 is 11.6 Å². The minimum atomic E-state index is -0.380. The summed E-state index contributed by atoms with van der Waals surface area (Å²) in [6.45, 7) is 6.82. The van der Waals surface area contributed by atoms with Crippen molar-refractivity contribution >= 4 is 17.3 Å². The second-order valence-corrected chi connectivity index (χ2v) is 6.18. The van der Waals surface area contributed by atoms with Crippen molar-refractivity contribution in [3.05, 3.63) is 52.7 Å². The van der Waals surface area contributed by atoms with Gasteiger partial charge in [0, 0.05) is 12.2 Å². The Balaban J connectivity index is 1.97. The molecule has 3 heterocycles. The van der Waals surface area contributed by atoms with E-state index in [0.29, 0.717) is 5.15 Å². The first-order valence-corrected chi connectivity index (χ1v) is 7.46. The van der Waals surface area contributed by atoms with Crippen LogP contribution in [0.5, 0.6) is 0 Å². The Morgan fingerprint density at radius 1 is 1.36 bits per heavy atom. The Labute approximate surface area is 135 Å². The van der Waals surface area contributed by atoms with Gasteiger partial charge in [-0.15, -0.1) is 6.42 Å². The highest BCUT2D eigenvalue weighted by atomic mass is 35.5. The molecule has 0 fully saturated rings. The van der Waals surface area contributed by atoms with Crippen LogP contribution in [-0.2, 0) is 0 Å². The molecule has 1 aromatic rings. The summed E-state index contributed by atoms with van der Waals surface area (Å²) in [4.78, 5) is 9.03. The summed E-state index contributed by atoms with van der Waals surface area (Å²) in [7, 11) is 0. The van der Waals surface area contributed by atoms with Crippen molar-refractivity contribution in [2.45, 2.75) is 26.3 Å². The molecule has 1 aromatic heterocycles. The molecule has 0 spiro atoms. The molecular formula is C17H17ClN4. The van der Waals surface area contributed by atoms with E-state index in [1.807, 2.05) is 39.0 Å². The molecule has 0 aliphatic carbocycles. The van der Waals surface area contributed by atoms with Crippen molar-refractivity contribution in [1.29, 1.82) is 0 Å². The first-order chi connectivity index (χ1) is 10.4. The lowest BCUT2D eigenvalue weighted by Gasteiger charge is -2.40. The number of terminal acetylenes is 1. The molecule has 0 unspecified atom stereocenters. The van der Waals surface area contributed by atoms with Gasteiger partial charge in [0.15, 0.2) is 0 Å². The topological polar surface area (TPSA) is 31.7 Å². The van der Waals surface area contributed by atoms with Crippen LogP contribution in [0.25, 0.3) is 0 Å². The highest BCUT2D eigenvalue weighted by Crippen LogP contribution is 2.32. The summed E-state index contributed by atoms with van der Waals surface area (Å²) in [6.07, 6.45) is 9.74. The highest BCUT2D eigenvalue weighted by Gasteiger charge is 2.36. The monoisotopic (exact) mass is 312 g/mol. The van der Waals surface area contributed by atoms with Gasteiger partial charge in [0.05, 0.1) is 16.9 Å². The Hall–Kier alpha value is -2.09. The highest BCUT2D eigenvalue weighted by molar-refractivity contribution is 6.29. The third-order valence-corrected chi connectivity index (χ3v) is 4.01. The van der Waals surface area contributed by atoms with Gasteiger partial charge in [-0.2, -0.15) is 5.01 Å². The molecule has 3 rings (SSSR count). The van der Waals surface area contributed by atoms with Crippen molar-refractivity contribution in [2.24, 2.45) is 4.99 Å². The van der Waals surface area contributed by atoms with E-state index in [9.17, 15) is 0 Å². The Bertz CT molecular complexity index is 752. The zero-order chi connectivity index (χ0) is 15.9. The number of allylic oxidation sites excluding steroid dienone is 2. The minimum Gasteiger partial charge on any atom is -0.260 e. The Morgan fingerprint density at radius 3 is 2.82 bits per heavy atom. The second kappa shape index (κ2) is 5.28. The number of hydrogen-bond donors (Lipinski definition) is 0. The van der Waals surface area contributed by atoms with Gasteiger partial charge in [-0.3, -0.25) is 5.01 Å². The SMILES string of the molecule is C#CC(C)(C)N1CC=C2N=C(c3cccc(Cl)n3)C=C(C)N21. The number of hydrazine groups is 1. The average molecular weight is 313 g/mol. The van der Waals surface area contributed by atoms with Gasteiger partial charge >= 0.3 is 0 Å². The molecular weight excluding hydrogens is 296 g/mol. The molecule has 22 heavy (non-hydrogen) atoms. The lowest BCUT2D eigenvalue weighted by molar-refractivity contribution is 0.00711. The smallest absolute Gasteiger partial charge is 0.145 e. The van der Waals surface area contributed by atoms with Crippen molar-refractivity contribution in [2.75, 3.05) is 6.54 Å². The van der Waals surface area contributed by atoms with E-state index in [1.165, 1.54) is 0 Å². The largest absolute Gasteiger partial charge is 0.260 e. The fourth-order valence-corrected chi connectivity index (χ4v) is 2.74. The fourth-order valence-electron chi connectivity index (χ4n) is 2.57. The number of aliphatic imine (C=N–C) groups is 1. The first kappa shape index (κ1) is 14.8. The maximum Gasteiger partial charge on any atom is 0.145 e. The number of fused-ring (bicyclic) bond motifs is 1. The fraction of sp³-hybridized carbons (Fsp3) is 0.294. The summed E-state index contributed by atoms with van der Waals surface area (Å²) >= 11 is 5.97. The zero-order valence-electron chi connectivity index (χ0n) is 12.8. The van der Waals surface area contributed by atoms with Crippen LogP contribution in [0, 0.1) is 12.3 Å². The van der Waals surface area contributed by atoms with Crippen molar-refractivity contribution < 1.29 is 0 Å². The van der Waals surface area contributed by atoms with Gasteiger partial charge < -0.3 is 0 Å². The van der Waals surface area contributed by atoms with Crippen LogP contribution in [0.15, 0.2) is 46.9 Å². The van der Waals surface area contributed by atoms with Crippen molar-refractivity contribution in [3.63, 3.8) is 0 Å². The van der Waals surface area contributed by atoms with Gasteiger partial charge in [-0.05, 0) is 45.1 Å². The minimum absolute atomic E-state index is 0.380. The predicted molar refractivity (Wildman–Crippen MR) is 89.1 cm³/mol. The predicted octanol–water partition coefficient (Wildman–Crippen LogP) is 3.23. The molecule has 2 aliphatic heterocycles. The van der Waals surface area contributed by atoms with Crippen LogP contribution in [0.2, 0.25) is 5.15 Å². The van der Waals surface area contributed by atoms with Crippen LogP contribution in [0.4, 0.5) is 0 Å². The van der Waals surface area contributed by atoms with E-state index in [2.05, 4.69) is 27.0 Å². The van der Waals surface area contributed by atoms with Crippen LogP contribution in [0.3, 0.4) is 0 Å². The van der Waals surface area contributed by atoms with E-state index >= 15 is 0 Å². The molecule has 0 aromatic carbocycles. The van der Waals surface area contributed by atoms with Gasteiger partial charge in [-0.1, -0.05) is 23.6 Å². The quantitative estimate of drug-likeness (QED) is 0.621. The summed E-state index contributed by atoms with van der Waals surface area (Å²) in [6, 6.07) is 5.53. The first-order valence-electron chi connectivity index (χ1n) is 7.08. The van der Waals surface area contributed by atoms with Gasteiger partial charge in [0.25, 0.3) is 0 Å². The maximum atomic E-state index is 5.97. The molecule has 0 amide bonds. The number of pyridine rings is 1. The lowest BCUT2D eigenvalue weighted by atomic mass is 10.1. The average Bonchev–Trinajstić information content (AvgIpc) is 2.92. The van der Waals surface area contributed by atoms with Crippen LogP contribution in [0.1, 0.15) is 26.5 Å². The molecule has 0 bridgehead atoms. The molecule has 0 atom stereocenters. The van der Waals surface area contributed by atoms with Gasteiger partial charge in [0.1, 0.15) is 11.0 Å². The molecule has 0 N–H and O–H groups in total. The number of nitrogens with zero attached hydrogens (tertiary/aromatic N) is 4. The van der Waals surface area contributed by atoms with E-state index in [4.69, 9.17) is 23.0 Å². The standard InChI is InChI=1S/C17H17ClN4/c1-5-17(3,4)21-10-9-16-20-14(11-12(2)22(16)21)13-7-6-8-15(18)19-13/h1,6-9,11H,10H2,2-4H3. The normalized spacial score (nSPS) is 18.3. The molecule has 2 aliphatic rings. The summed E-state index contributed by atoms with van der Waals surface area (Å²) < 4.78 is 0. The zero-order valence-corrected chi connectivity index (χ0v) is 13.6. The van der Waals surface area contributed by atoms with Crippen molar-refractivity contribution in [1.82, 2.24) is 15.0 Å². The molecule has 5 heteroatoms.